The van der Waals surface area contributed by atoms with Crippen LogP contribution in [0.5, 0.6) is 0 Å². The molecule has 0 saturated carbocycles. The molecule has 0 unspecified atom stereocenters. The first-order valence-corrected chi connectivity index (χ1v) is 10.2. The van der Waals surface area contributed by atoms with Gasteiger partial charge in [0.15, 0.2) is 5.65 Å². The van der Waals surface area contributed by atoms with Gasteiger partial charge < -0.3 is 4.90 Å². The van der Waals surface area contributed by atoms with Gasteiger partial charge in [-0.2, -0.15) is 10.2 Å². The van der Waals surface area contributed by atoms with E-state index < -0.39 is 0 Å². The van der Waals surface area contributed by atoms with Gasteiger partial charge in [-0.25, -0.2) is 9.67 Å². The zero-order chi connectivity index (χ0) is 19.8. The number of carbonyl (C=O) groups excluding carboxylic acids is 1. The van der Waals surface area contributed by atoms with Gasteiger partial charge in [0, 0.05) is 36.4 Å². The maximum atomic E-state index is 13.3. The molecule has 1 aliphatic rings. The van der Waals surface area contributed by atoms with Crippen LogP contribution in [0.1, 0.15) is 72.9 Å². The summed E-state index contributed by atoms with van der Waals surface area (Å²) < 4.78 is 1.88. The summed E-state index contributed by atoms with van der Waals surface area (Å²) in [6.45, 7) is 9.75. The molecule has 0 spiro atoms. The largest absolute Gasteiger partial charge is 0.339 e. The van der Waals surface area contributed by atoms with E-state index in [0.717, 1.165) is 49.1 Å². The van der Waals surface area contributed by atoms with Gasteiger partial charge in [0.2, 0.25) is 0 Å². The SMILES string of the molecule is CCc1cn[nH]c1C1CCN(C(=O)c2cc(C)nc3c2cnn3C(C)C)CC1. The van der Waals surface area contributed by atoms with Crippen LogP contribution in [0.25, 0.3) is 11.0 Å². The Morgan fingerprint density at radius 3 is 2.71 bits per heavy atom. The van der Waals surface area contributed by atoms with Crippen LogP contribution in [0.15, 0.2) is 18.5 Å². The Labute approximate surface area is 165 Å². The number of fused-ring (bicyclic) bond motifs is 1. The molecular weight excluding hydrogens is 352 g/mol. The Morgan fingerprint density at radius 1 is 1.29 bits per heavy atom. The number of carbonyl (C=O) groups is 1. The molecule has 28 heavy (non-hydrogen) atoms. The summed E-state index contributed by atoms with van der Waals surface area (Å²) in [5.41, 5.74) is 4.88. The number of amides is 1. The van der Waals surface area contributed by atoms with Gasteiger partial charge in [-0.15, -0.1) is 0 Å². The van der Waals surface area contributed by atoms with Crippen LogP contribution in [0.2, 0.25) is 0 Å². The first-order chi connectivity index (χ1) is 13.5. The summed E-state index contributed by atoms with van der Waals surface area (Å²) in [5.74, 6) is 0.530. The van der Waals surface area contributed by atoms with E-state index in [1.807, 2.05) is 28.8 Å². The van der Waals surface area contributed by atoms with Gasteiger partial charge in [0.25, 0.3) is 5.91 Å². The molecule has 4 rings (SSSR count). The van der Waals surface area contributed by atoms with Crippen molar-refractivity contribution in [3.8, 4) is 0 Å². The van der Waals surface area contributed by atoms with Crippen molar-refractivity contribution in [1.29, 1.82) is 0 Å². The Balaban J connectivity index is 1.56. The predicted molar refractivity (Wildman–Crippen MR) is 108 cm³/mol. The van der Waals surface area contributed by atoms with E-state index in [1.54, 1.807) is 6.20 Å². The number of nitrogens with one attached hydrogen (secondary N) is 1. The molecule has 0 aromatic carbocycles. The monoisotopic (exact) mass is 380 g/mol. The number of aryl methyl sites for hydroxylation is 2. The number of likely N-dealkylation sites (tertiary alicyclic amines) is 1. The van der Waals surface area contributed by atoms with E-state index in [9.17, 15) is 4.79 Å². The number of hydrogen-bond acceptors (Lipinski definition) is 4. The van der Waals surface area contributed by atoms with Gasteiger partial charge >= 0.3 is 0 Å². The normalized spacial score (nSPS) is 15.7. The van der Waals surface area contributed by atoms with Crippen LogP contribution >= 0.6 is 0 Å². The van der Waals surface area contributed by atoms with Crippen LogP contribution in [0, 0.1) is 6.92 Å². The summed E-state index contributed by atoms with van der Waals surface area (Å²) in [4.78, 5) is 19.9. The Hall–Kier alpha value is -2.70. The first-order valence-electron chi connectivity index (χ1n) is 10.2. The summed E-state index contributed by atoms with van der Waals surface area (Å²) >= 11 is 0. The lowest BCUT2D eigenvalue weighted by Crippen LogP contribution is -2.38. The van der Waals surface area contributed by atoms with Crippen molar-refractivity contribution in [2.75, 3.05) is 13.1 Å². The van der Waals surface area contributed by atoms with Crippen molar-refractivity contribution < 1.29 is 4.79 Å². The Bertz CT molecular complexity index is 994. The first kappa shape index (κ1) is 18.7. The minimum atomic E-state index is 0.0811. The van der Waals surface area contributed by atoms with Gasteiger partial charge in [0.1, 0.15) is 0 Å². The molecule has 3 aromatic rings. The van der Waals surface area contributed by atoms with Crippen molar-refractivity contribution in [2.45, 2.75) is 58.9 Å². The molecule has 7 nitrogen and oxygen atoms in total. The second kappa shape index (κ2) is 7.37. The third kappa shape index (κ3) is 3.19. The number of piperidine rings is 1. The molecule has 148 valence electrons. The number of pyridine rings is 1. The Morgan fingerprint density at radius 2 is 2.04 bits per heavy atom. The maximum absolute atomic E-state index is 13.3. The van der Waals surface area contributed by atoms with Crippen LogP contribution in [0.3, 0.4) is 0 Å². The van der Waals surface area contributed by atoms with Crippen LogP contribution < -0.4 is 0 Å². The molecule has 4 heterocycles. The van der Waals surface area contributed by atoms with Crippen molar-refractivity contribution in [3.05, 3.63) is 41.0 Å². The topological polar surface area (TPSA) is 79.7 Å². The second-order valence-electron chi connectivity index (χ2n) is 7.96. The summed E-state index contributed by atoms with van der Waals surface area (Å²) in [6.07, 6.45) is 6.60. The number of H-pyrrole nitrogens is 1. The van der Waals surface area contributed by atoms with Gasteiger partial charge in [-0.1, -0.05) is 6.92 Å². The molecule has 0 aliphatic carbocycles. The third-order valence-electron chi connectivity index (χ3n) is 5.74. The van der Waals surface area contributed by atoms with Crippen molar-refractivity contribution in [3.63, 3.8) is 0 Å². The molecule has 1 amide bonds. The lowest BCUT2D eigenvalue weighted by molar-refractivity contribution is 0.0713. The molecule has 0 bridgehead atoms. The number of aromatic amines is 1. The fourth-order valence-corrected chi connectivity index (χ4v) is 4.20. The lowest BCUT2D eigenvalue weighted by atomic mass is 9.90. The minimum absolute atomic E-state index is 0.0811. The smallest absolute Gasteiger partial charge is 0.254 e. The number of rotatable bonds is 4. The van der Waals surface area contributed by atoms with E-state index in [4.69, 9.17) is 0 Å². The van der Waals surface area contributed by atoms with Gasteiger partial charge in [-0.05, 0) is 51.7 Å². The minimum Gasteiger partial charge on any atom is -0.339 e. The van der Waals surface area contributed by atoms with Crippen LogP contribution in [0.4, 0.5) is 0 Å². The van der Waals surface area contributed by atoms with E-state index >= 15 is 0 Å². The predicted octanol–water partition coefficient (Wildman–Crippen LogP) is 3.63. The lowest BCUT2D eigenvalue weighted by Gasteiger charge is -2.32. The van der Waals surface area contributed by atoms with Crippen LogP contribution in [-0.4, -0.2) is 48.9 Å². The van der Waals surface area contributed by atoms with Gasteiger partial charge in [0.05, 0.1) is 23.3 Å². The van der Waals surface area contributed by atoms with Crippen molar-refractivity contribution >= 4 is 16.9 Å². The molecule has 1 aliphatic heterocycles. The zero-order valence-corrected chi connectivity index (χ0v) is 17.1. The van der Waals surface area contributed by atoms with Crippen molar-refractivity contribution in [1.82, 2.24) is 29.9 Å². The second-order valence-corrected chi connectivity index (χ2v) is 7.96. The summed E-state index contributed by atoms with van der Waals surface area (Å²) in [5, 5.41) is 12.7. The highest BCUT2D eigenvalue weighted by Gasteiger charge is 2.28. The summed E-state index contributed by atoms with van der Waals surface area (Å²) in [7, 11) is 0. The van der Waals surface area contributed by atoms with E-state index in [0.29, 0.717) is 11.5 Å². The number of aromatic nitrogens is 5. The highest BCUT2D eigenvalue weighted by molar-refractivity contribution is 6.05. The van der Waals surface area contributed by atoms with E-state index in [2.05, 4.69) is 41.1 Å². The van der Waals surface area contributed by atoms with Crippen LogP contribution in [-0.2, 0) is 6.42 Å². The quantitative estimate of drug-likeness (QED) is 0.750. The average molecular weight is 380 g/mol. The summed E-state index contributed by atoms with van der Waals surface area (Å²) in [6, 6.07) is 2.10. The maximum Gasteiger partial charge on any atom is 0.254 e. The average Bonchev–Trinajstić information content (AvgIpc) is 3.33. The molecule has 0 atom stereocenters. The highest BCUT2D eigenvalue weighted by atomic mass is 16.2. The fourth-order valence-electron chi connectivity index (χ4n) is 4.20. The number of hydrogen-bond donors (Lipinski definition) is 1. The molecular formula is C21H28N6O. The molecule has 0 radical (unpaired) electrons. The molecule has 3 aromatic heterocycles. The third-order valence-corrected chi connectivity index (χ3v) is 5.74. The molecule has 1 fully saturated rings. The molecule has 1 saturated heterocycles. The molecule has 7 heteroatoms. The highest BCUT2D eigenvalue weighted by Crippen LogP contribution is 2.30. The van der Waals surface area contributed by atoms with Gasteiger partial charge in [-0.3, -0.25) is 9.89 Å². The molecule has 1 N–H and O–H groups in total. The standard InChI is InChI=1S/C21H28N6O/c1-5-15-11-22-25-19(15)16-6-8-26(9-7-16)21(28)17-10-14(4)24-20-18(17)12-23-27(20)13(2)3/h10-13,16H,5-9H2,1-4H3,(H,22,25). The fraction of sp³-hybridized carbons (Fsp3) is 0.524. The number of nitrogens with zero attached hydrogens (tertiary/aromatic N) is 5. The van der Waals surface area contributed by atoms with Crippen molar-refractivity contribution in [2.24, 2.45) is 0 Å². The Kier molecular flexibility index (Phi) is 4.91. The van der Waals surface area contributed by atoms with E-state index in [-0.39, 0.29) is 11.9 Å². The van der Waals surface area contributed by atoms with E-state index in [1.165, 1.54) is 11.3 Å². The zero-order valence-electron chi connectivity index (χ0n) is 17.1.